The van der Waals surface area contributed by atoms with Crippen LogP contribution in [0.1, 0.15) is 79.8 Å². The summed E-state index contributed by atoms with van der Waals surface area (Å²) in [5, 5.41) is 7.16. The third kappa shape index (κ3) is 17.1. The normalized spacial score (nSPS) is 13.5. The second-order valence-electron chi connectivity index (χ2n) is 8.59. The first-order valence-electron chi connectivity index (χ1n) is 14.1. The molecule has 0 unspecified atom stereocenters. The summed E-state index contributed by atoms with van der Waals surface area (Å²) in [6.07, 6.45) is 12.5. The minimum Gasteiger partial charge on any atom is -0.455 e. The molecule has 6 heteroatoms. The minimum atomic E-state index is 0. The summed E-state index contributed by atoms with van der Waals surface area (Å²) in [6.45, 7) is 26.0. The van der Waals surface area contributed by atoms with Crippen LogP contribution in [0.2, 0.25) is 0 Å². The molecule has 1 heterocycles. The molecule has 1 saturated heterocycles. The largest absolute Gasteiger partial charge is 0.455 e. The highest BCUT2D eigenvalue weighted by Gasteiger charge is 2.12. The Morgan fingerprint density at radius 1 is 1.11 bits per heavy atom. The first-order chi connectivity index (χ1) is 17.6. The van der Waals surface area contributed by atoms with Crippen LogP contribution in [0.5, 0.6) is 5.75 Å². The van der Waals surface area contributed by atoms with Gasteiger partial charge in [0.1, 0.15) is 5.76 Å². The van der Waals surface area contributed by atoms with Crippen molar-refractivity contribution in [3.05, 3.63) is 59.9 Å². The third-order valence-corrected chi connectivity index (χ3v) is 5.62. The van der Waals surface area contributed by atoms with E-state index < -0.39 is 0 Å². The van der Waals surface area contributed by atoms with E-state index in [0.29, 0.717) is 0 Å². The molecule has 1 fully saturated rings. The zero-order valence-electron chi connectivity index (χ0n) is 24.9. The fraction of sp³-hybridized carbons (Fsp3) is 0.613. The standard InChI is InChI=1S/C25H39N3O2.C4H10.C2H6.H2O.H2/c1-5-8-10-23(7-3)30-25-21(4)18-22(19-24(25)27-11-9-6-2)20-26-12-13-28-14-16-29-17-15-28;1-3-4-2;1-2;;/h5,7-8,10,18-19,26-27H,1,6,9,11-17,20H2,2-4H3;3-4H2,1-2H3;1-2H3;1H2;1H/b10-8-,23-7+;;;;. The van der Waals surface area contributed by atoms with Crippen molar-refractivity contribution in [2.24, 2.45) is 0 Å². The molecule has 0 atom stereocenters. The lowest BCUT2D eigenvalue weighted by Crippen LogP contribution is -2.40. The second-order valence-corrected chi connectivity index (χ2v) is 8.59. The third-order valence-electron chi connectivity index (χ3n) is 5.62. The second kappa shape index (κ2) is 25.5. The van der Waals surface area contributed by atoms with Gasteiger partial charge < -0.3 is 25.6 Å². The quantitative estimate of drug-likeness (QED) is 0.158. The number of nitrogens with one attached hydrogen (secondary N) is 2. The molecule has 0 radical (unpaired) electrons. The van der Waals surface area contributed by atoms with E-state index in [-0.39, 0.29) is 6.90 Å². The summed E-state index contributed by atoms with van der Waals surface area (Å²) < 4.78 is 11.7. The summed E-state index contributed by atoms with van der Waals surface area (Å²) in [7, 11) is 0. The average Bonchev–Trinajstić information content (AvgIpc) is 2.92. The lowest BCUT2D eigenvalue weighted by Gasteiger charge is -2.26. The van der Waals surface area contributed by atoms with Crippen LogP contribution in [0.4, 0.5) is 5.69 Å². The van der Waals surface area contributed by atoms with Gasteiger partial charge in [0, 0.05) is 40.7 Å². The smallest absolute Gasteiger partial charge is 0.153 e. The van der Waals surface area contributed by atoms with E-state index in [9.17, 15) is 0 Å². The molecule has 1 aliphatic heterocycles. The van der Waals surface area contributed by atoms with Gasteiger partial charge in [0.25, 0.3) is 0 Å². The number of nitrogens with zero attached hydrogens (tertiary/aromatic N) is 1. The van der Waals surface area contributed by atoms with Crippen LogP contribution in [0, 0.1) is 6.92 Å². The Labute approximate surface area is 230 Å². The van der Waals surface area contributed by atoms with Crippen LogP contribution in [0.25, 0.3) is 0 Å². The van der Waals surface area contributed by atoms with Crippen molar-refractivity contribution < 1.29 is 16.4 Å². The first kappa shape index (κ1) is 37.0. The van der Waals surface area contributed by atoms with Crippen molar-refractivity contribution in [1.29, 1.82) is 0 Å². The Bertz CT molecular complexity index is 746. The van der Waals surface area contributed by atoms with Gasteiger partial charge in [-0.25, -0.2) is 0 Å². The van der Waals surface area contributed by atoms with Gasteiger partial charge in [0.05, 0.1) is 18.9 Å². The van der Waals surface area contributed by atoms with Gasteiger partial charge in [0.2, 0.25) is 0 Å². The summed E-state index contributed by atoms with van der Waals surface area (Å²) in [5.74, 6) is 1.71. The van der Waals surface area contributed by atoms with E-state index in [1.807, 2.05) is 39.0 Å². The molecule has 2 rings (SSSR count). The van der Waals surface area contributed by atoms with Crippen LogP contribution in [-0.2, 0) is 11.3 Å². The summed E-state index contributed by atoms with van der Waals surface area (Å²) >= 11 is 0. The number of unbranched alkanes of at least 4 members (excludes halogenated alkanes) is 2. The van der Waals surface area contributed by atoms with Crippen LogP contribution in [0.3, 0.4) is 0 Å². The predicted octanol–water partition coefficient (Wildman–Crippen LogP) is 6.91. The maximum Gasteiger partial charge on any atom is 0.153 e. The van der Waals surface area contributed by atoms with Crippen molar-refractivity contribution in [2.75, 3.05) is 51.3 Å². The van der Waals surface area contributed by atoms with Gasteiger partial charge in [-0.3, -0.25) is 4.90 Å². The summed E-state index contributed by atoms with van der Waals surface area (Å²) in [5.41, 5.74) is 3.46. The maximum absolute atomic E-state index is 6.24. The zero-order valence-corrected chi connectivity index (χ0v) is 24.9. The van der Waals surface area contributed by atoms with Crippen LogP contribution in [0.15, 0.2) is 48.8 Å². The van der Waals surface area contributed by atoms with Gasteiger partial charge in [0.15, 0.2) is 5.75 Å². The number of aryl methyl sites for hydroxylation is 1. The highest BCUT2D eigenvalue weighted by Crippen LogP contribution is 2.32. The minimum absolute atomic E-state index is 0. The lowest BCUT2D eigenvalue weighted by molar-refractivity contribution is 0.0384. The summed E-state index contributed by atoms with van der Waals surface area (Å²) in [6, 6.07) is 4.43. The highest BCUT2D eigenvalue weighted by molar-refractivity contribution is 5.62. The van der Waals surface area contributed by atoms with Gasteiger partial charge in [-0.2, -0.15) is 0 Å². The Balaban J connectivity index is -0.00000140. The van der Waals surface area contributed by atoms with Crippen molar-refractivity contribution in [3.63, 3.8) is 0 Å². The summed E-state index contributed by atoms with van der Waals surface area (Å²) in [4.78, 5) is 2.45. The molecule has 0 amide bonds. The number of allylic oxidation sites excluding steroid dienone is 4. The van der Waals surface area contributed by atoms with E-state index >= 15 is 0 Å². The van der Waals surface area contributed by atoms with Crippen LogP contribution < -0.4 is 15.4 Å². The molecule has 4 N–H and O–H groups in total. The lowest BCUT2D eigenvalue weighted by atomic mass is 10.1. The SMILES string of the molecule is C=C/C=C\C(=C/C)Oc1c(C)cc(CNCCN2CCOCC2)cc1NCCCC.CC.CCCC.O.[HH]. The monoisotopic (exact) mass is 521 g/mol. The van der Waals surface area contributed by atoms with Crippen molar-refractivity contribution >= 4 is 5.69 Å². The van der Waals surface area contributed by atoms with Crippen LogP contribution in [-0.4, -0.2) is 56.3 Å². The van der Waals surface area contributed by atoms with Crippen molar-refractivity contribution in [3.8, 4) is 5.75 Å². The topological polar surface area (TPSA) is 77.3 Å². The molecule has 1 aliphatic rings. The Morgan fingerprint density at radius 3 is 2.35 bits per heavy atom. The predicted molar refractivity (Wildman–Crippen MR) is 165 cm³/mol. The maximum atomic E-state index is 6.24. The Morgan fingerprint density at radius 2 is 1.78 bits per heavy atom. The molecule has 0 spiro atoms. The molecule has 37 heavy (non-hydrogen) atoms. The van der Waals surface area contributed by atoms with E-state index in [1.165, 1.54) is 18.4 Å². The first-order valence-corrected chi connectivity index (χ1v) is 14.1. The van der Waals surface area contributed by atoms with Crippen LogP contribution >= 0.6 is 0 Å². The number of ether oxygens (including phenoxy) is 2. The molecule has 0 aliphatic carbocycles. The number of morpholine rings is 1. The van der Waals surface area contributed by atoms with Gasteiger partial charge >= 0.3 is 0 Å². The molecular weight excluding hydrogens is 462 g/mol. The number of benzene rings is 1. The Hall–Kier alpha value is -2.12. The van der Waals surface area contributed by atoms with Crippen molar-refractivity contribution in [1.82, 2.24) is 10.2 Å². The zero-order chi connectivity index (χ0) is 27.0. The van der Waals surface area contributed by atoms with E-state index in [0.717, 1.165) is 88.1 Å². The Kier molecular flexibility index (Phi) is 25.5. The van der Waals surface area contributed by atoms with E-state index in [4.69, 9.17) is 9.47 Å². The number of rotatable bonds is 14. The molecule has 1 aromatic carbocycles. The number of hydrogen-bond acceptors (Lipinski definition) is 5. The van der Waals surface area contributed by atoms with Crippen molar-refractivity contribution in [2.45, 2.75) is 80.7 Å². The molecule has 0 saturated carbocycles. The highest BCUT2D eigenvalue weighted by atomic mass is 16.5. The molecular formula is C31H59N3O3. The van der Waals surface area contributed by atoms with E-state index in [2.05, 4.69) is 61.9 Å². The number of hydrogen-bond donors (Lipinski definition) is 2. The molecule has 216 valence electrons. The molecule has 0 bridgehead atoms. The number of anilines is 1. The fourth-order valence-electron chi connectivity index (χ4n) is 3.38. The molecule has 6 nitrogen and oxygen atoms in total. The molecule has 0 aromatic heterocycles. The van der Waals surface area contributed by atoms with Gasteiger partial charge in [-0.15, -0.1) is 0 Å². The van der Waals surface area contributed by atoms with Gasteiger partial charge in [-0.1, -0.05) is 78.7 Å². The van der Waals surface area contributed by atoms with E-state index in [1.54, 1.807) is 6.08 Å². The fourth-order valence-corrected chi connectivity index (χ4v) is 3.38. The molecule has 1 aromatic rings. The van der Waals surface area contributed by atoms with Gasteiger partial charge in [-0.05, 0) is 49.6 Å². The average molecular weight is 522 g/mol.